The Kier molecular flexibility index (Phi) is 6.15. The quantitative estimate of drug-likeness (QED) is 0.707. The lowest BCUT2D eigenvalue weighted by Crippen LogP contribution is -2.44. The van der Waals surface area contributed by atoms with E-state index in [1.165, 1.54) is 16.4 Å². The highest BCUT2D eigenvalue weighted by molar-refractivity contribution is 7.89. The summed E-state index contributed by atoms with van der Waals surface area (Å²) in [4.78, 5) is 24.7. The molecular formula is C23H26FN3O5S. The van der Waals surface area contributed by atoms with Gasteiger partial charge < -0.3 is 15.4 Å². The van der Waals surface area contributed by atoms with Crippen LogP contribution in [0.15, 0.2) is 35.2 Å². The smallest absolute Gasteiger partial charge is 0.265 e. The van der Waals surface area contributed by atoms with E-state index in [1.807, 2.05) is 0 Å². The maximum absolute atomic E-state index is 13.8. The molecule has 176 valence electrons. The molecule has 2 N–H and O–H groups in total. The van der Waals surface area contributed by atoms with Crippen molar-refractivity contribution in [2.24, 2.45) is 5.92 Å². The monoisotopic (exact) mass is 475 g/mol. The van der Waals surface area contributed by atoms with E-state index in [4.69, 9.17) is 4.74 Å². The van der Waals surface area contributed by atoms with E-state index in [9.17, 15) is 22.4 Å². The zero-order valence-corrected chi connectivity index (χ0v) is 19.5. The number of halogens is 1. The molecule has 2 atom stereocenters. The van der Waals surface area contributed by atoms with Gasteiger partial charge in [0.25, 0.3) is 5.91 Å². The van der Waals surface area contributed by atoms with Gasteiger partial charge in [0, 0.05) is 24.8 Å². The summed E-state index contributed by atoms with van der Waals surface area (Å²) >= 11 is 0. The van der Waals surface area contributed by atoms with Crippen molar-refractivity contribution in [3.8, 4) is 5.75 Å². The minimum atomic E-state index is -3.91. The van der Waals surface area contributed by atoms with Crippen molar-refractivity contribution in [1.29, 1.82) is 0 Å². The number of carbonyl (C=O) groups is 2. The lowest BCUT2D eigenvalue weighted by atomic mass is 9.98. The summed E-state index contributed by atoms with van der Waals surface area (Å²) in [6, 6.07) is 7.44. The van der Waals surface area contributed by atoms with Gasteiger partial charge in [-0.25, -0.2) is 12.8 Å². The van der Waals surface area contributed by atoms with E-state index in [2.05, 4.69) is 10.6 Å². The number of hydrogen-bond acceptors (Lipinski definition) is 5. The minimum absolute atomic E-state index is 0.0209. The number of fused-ring (bicyclic) bond motifs is 1. The first-order chi connectivity index (χ1) is 15.6. The summed E-state index contributed by atoms with van der Waals surface area (Å²) < 4.78 is 47.6. The van der Waals surface area contributed by atoms with Crippen LogP contribution in [-0.4, -0.2) is 43.7 Å². The van der Waals surface area contributed by atoms with Crippen molar-refractivity contribution in [3.63, 3.8) is 0 Å². The average molecular weight is 476 g/mol. The predicted octanol–water partition coefficient (Wildman–Crippen LogP) is 3.20. The fourth-order valence-electron chi connectivity index (χ4n) is 4.05. The first kappa shape index (κ1) is 23.2. The Morgan fingerprint density at radius 2 is 1.97 bits per heavy atom. The van der Waals surface area contributed by atoms with Gasteiger partial charge in [0.2, 0.25) is 15.9 Å². The van der Waals surface area contributed by atoms with Crippen LogP contribution in [0, 0.1) is 25.6 Å². The van der Waals surface area contributed by atoms with Gasteiger partial charge in [-0.1, -0.05) is 6.07 Å². The number of nitrogens with one attached hydrogen (secondary N) is 2. The average Bonchev–Trinajstić information content (AvgIpc) is 2.77. The molecule has 10 heteroatoms. The molecule has 1 fully saturated rings. The van der Waals surface area contributed by atoms with Gasteiger partial charge in [0.05, 0.1) is 16.5 Å². The van der Waals surface area contributed by atoms with Gasteiger partial charge in [-0.3, -0.25) is 9.59 Å². The molecule has 2 amide bonds. The van der Waals surface area contributed by atoms with Crippen LogP contribution in [0.3, 0.4) is 0 Å². The maximum atomic E-state index is 13.8. The van der Waals surface area contributed by atoms with Crippen LogP contribution in [0.5, 0.6) is 5.75 Å². The second-order valence-electron chi connectivity index (χ2n) is 8.52. The van der Waals surface area contributed by atoms with Gasteiger partial charge in [-0.05, 0) is 62.9 Å². The van der Waals surface area contributed by atoms with Crippen molar-refractivity contribution in [2.45, 2.75) is 44.6 Å². The molecule has 0 unspecified atom stereocenters. The minimum Gasteiger partial charge on any atom is -0.479 e. The molecule has 1 saturated heterocycles. The normalized spacial score (nSPS) is 21.0. The first-order valence-corrected chi connectivity index (χ1v) is 12.2. The number of aryl methyl sites for hydroxylation is 2. The predicted molar refractivity (Wildman–Crippen MR) is 121 cm³/mol. The first-order valence-electron chi connectivity index (χ1n) is 10.8. The number of anilines is 2. The molecule has 0 spiro atoms. The van der Waals surface area contributed by atoms with Crippen LogP contribution >= 0.6 is 0 Å². The molecule has 8 nitrogen and oxygen atoms in total. The van der Waals surface area contributed by atoms with Crippen LogP contribution in [0.2, 0.25) is 0 Å². The van der Waals surface area contributed by atoms with Crippen molar-refractivity contribution >= 4 is 33.2 Å². The molecule has 0 bridgehead atoms. The van der Waals surface area contributed by atoms with Crippen LogP contribution < -0.4 is 15.4 Å². The Morgan fingerprint density at radius 1 is 1.21 bits per heavy atom. The third-order valence-corrected chi connectivity index (χ3v) is 8.03. The number of sulfonamides is 1. The lowest BCUT2D eigenvalue weighted by Gasteiger charge is -2.32. The summed E-state index contributed by atoms with van der Waals surface area (Å²) in [6.45, 7) is 5.17. The number of hydrogen-bond donors (Lipinski definition) is 2. The Hall–Kier alpha value is -2.98. The Labute approximate surface area is 192 Å². The van der Waals surface area contributed by atoms with Crippen LogP contribution in [0.4, 0.5) is 15.8 Å². The molecule has 2 aromatic rings. The molecule has 4 rings (SSSR count). The van der Waals surface area contributed by atoms with Gasteiger partial charge in [-0.15, -0.1) is 0 Å². The molecule has 0 aromatic heterocycles. The highest BCUT2D eigenvalue weighted by atomic mass is 32.2. The third-order valence-electron chi connectivity index (χ3n) is 6.02. The standard InChI is InChI=1S/C23H26FN3O5S/c1-13-6-7-17(10-18(13)24)25-23(29)16-5-4-8-27(12-16)33(30,31)21-11-20-19(9-14(21)2)26-22(28)15(3)32-20/h6-7,9-11,15-16H,4-5,8,12H2,1-3H3,(H,25,29)(H,26,28)/t15-,16+/m0/s1. The molecule has 0 radical (unpaired) electrons. The summed E-state index contributed by atoms with van der Waals surface area (Å²) in [5, 5.41) is 5.40. The SMILES string of the molecule is Cc1ccc(NC(=O)[C@@H]2CCCN(S(=O)(=O)c3cc4c(cc3C)NC(=O)[C@H](C)O4)C2)cc1F. The molecule has 2 aliphatic heterocycles. The number of rotatable bonds is 4. The van der Waals surface area contributed by atoms with E-state index in [-0.39, 0.29) is 29.8 Å². The van der Waals surface area contributed by atoms with E-state index >= 15 is 0 Å². The molecule has 2 aromatic carbocycles. The number of carbonyl (C=O) groups excluding carboxylic acids is 2. The number of nitrogens with zero attached hydrogens (tertiary/aromatic N) is 1. The van der Waals surface area contributed by atoms with Gasteiger partial charge in [0.15, 0.2) is 6.10 Å². The Morgan fingerprint density at radius 3 is 2.70 bits per heavy atom. The van der Waals surface area contributed by atoms with Gasteiger partial charge >= 0.3 is 0 Å². The maximum Gasteiger partial charge on any atom is 0.265 e. The van der Waals surface area contributed by atoms with Gasteiger partial charge in [-0.2, -0.15) is 4.31 Å². The second kappa shape index (κ2) is 8.75. The zero-order chi connectivity index (χ0) is 23.9. The second-order valence-corrected chi connectivity index (χ2v) is 10.4. The topological polar surface area (TPSA) is 105 Å². The fraction of sp³-hybridized carbons (Fsp3) is 0.391. The number of benzene rings is 2. The summed E-state index contributed by atoms with van der Waals surface area (Å²) in [6.07, 6.45) is 0.320. The zero-order valence-electron chi connectivity index (χ0n) is 18.6. The van der Waals surface area contributed by atoms with Crippen molar-refractivity contribution in [1.82, 2.24) is 4.31 Å². The summed E-state index contributed by atoms with van der Waals surface area (Å²) in [5.74, 6) is -1.34. The fourth-order valence-corrected chi connectivity index (χ4v) is 5.80. The highest BCUT2D eigenvalue weighted by Crippen LogP contribution is 2.36. The number of ether oxygens (including phenoxy) is 1. The molecule has 2 aliphatic rings. The number of amides is 2. The van der Waals surface area contributed by atoms with E-state index < -0.39 is 27.9 Å². The van der Waals surface area contributed by atoms with E-state index in [0.717, 1.165) is 0 Å². The van der Waals surface area contributed by atoms with E-state index in [0.29, 0.717) is 41.1 Å². The molecule has 0 aliphatic carbocycles. The van der Waals surface area contributed by atoms with Crippen molar-refractivity contribution in [3.05, 3.63) is 47.3 Å². The van der Waals surface area contributed by atoms with Gasteiger partial charge in [0.1, 0.15) is 11.6 Å². The Balaban J connectivity index is 1.54. The molecule has 0 saturated carbocycles. The van der Waals surface area contributed by atoms with Crippen molar-refractivity contribution < 1.29 is 27.1 Å². The summed E-state index contributed by atoms with van der Waals surface area (Å²) in [5.41, 5.74) is 1.70. The summed E-state index contributed by atoms with van der Waals surface area (Å²) in [7, 11) is -3.91. The third kappa shape index (κ3) is 4.58. The van der Waals surface area contributed by atoms with Crippen molar-refractivity contribution in [2.75, 3.05) is 23.7 Å². The lowest BCUT2D eigenvalue weighted by molar-refractivity contribution is -0.123. The highest BCUT2D eigenvalue weighted by Gasteiger charge is 2.35. The van der Waals surface area contributed by atoms with Crippen LogP contribution in [0.1, 0.15) is 30.9 Å². The molecule has 33 heavy (non-hydrogen) atoms. The molecular weight excluding hydrogens is 449 g/mol. The van der Waals surface area contributed by atoms with E-state index in [1.54, 1.807) is 39.0 Å². The van der Waals surface area contributed by atoms with Crippen LogP contribution in [-0.2, 0) is 19.6 Å². The number of piperidine rings is 1. The largest absolute Gasteiger partial charge is 0.479 e. The molecule has 2 heterocycles. The Bertz CT molecular complexity index is 1230. The van der Waals surface area contributed by atoms with Crippen LogP contribution in [0.25, 0.3) is 0 Å².